The fraction of sp³-hybridized carbons (Fsp3) is 0.867. The zero-order valence-corrected chi connectivity index (χ0v) is 45.2. The predicted molar refractivity (Wildman–Crippen MR) is 241 cm³/mol. The van der Waals surface area contributed by atoms with Crippen molar-refractivity contribution in [2.45, 2.75) is 230 Å². The number of benzene rings is 1. The molecule has 0 atom stereocenters. The summed E-state index contributed by atoms with van der Waals surface area (Å²) in [5.41, 5.74) is 0. The quantitative estimate of drug-likeness (QED) is 0.0604. The molecule has 0 aromatic heterocycles. The van der Waals surface area contributed by atoms with E-state index >= 15 is 0 Å². The molecule has 0 N–H and O–H groups in total. The van der Waals surface area contributed by atoms with Crippen LogP contribution in [0.5, 0.6) is 0 Å². The van der Waals surface area contributed by atoms with Gasteiger partial charge in [-0.2, -0.15) is 0 Å². The van der Waals surface area contributed by atoms with Gasteiger partial charge in [-0.1, -0.05) is 0 Å². The maximum absolute atomic E-state index is 2.80. The van der Waals surface area contributed by atoms with Crippen LogP contribution in [0.15, 0.2) is 30.3 Å². The Morgan fingerprint density at radius 3 is 0.714 bits per heavy atom. The van der Waals surface area contributed by atoms with E-state index in [9.17, 15) is 0 Å². The Balaban J connectivity index is 4.31. The van der Waals surface area contributed by atoms with Crippen molar-refractivity contribution in [3.05, 3.63) is 30.3 Å². The molecule has 0 fully saturated rings. The van der Waals surface area contributed by atoms with Crippen molar-refractivity contribution < 1.29 is 0 Å². The van der Waals surface area contributed by atoms with Gasteiger partial charge in [-0.3, -0.25) is 0 Å². The van der Waals surface area contributed by atoms with Crippen LogP contribution >= 0.6 is 0 Å². The van der Waals surface area contributed by atoms with E-state index in [1.807, 2.05) is 17.4 Å². The second kappa shape index (κ2) is 29.2. The van der Waals surface area contributed by atoms with Crippen LogP contribution in [0.25, 0.3) is 0 Å². The third kappa shape index (κ3) is 18.3. The van der Waals surface area contributed by atoms with Crippen LogP contribution < -0.4 is 5.19 Å². The van der Waals surface area contributed by atoms with Crippen molar-refractivity contribution in [1.29, 1.82) is 0 Å². The van der Waals surface area contributed by atoms with Crippen LogP contribution in [0.3, 0.4) is 0 Å². The zero-order chi connectivity index (χ0) is 36.3. The van der Waals surface area contributed by atoms with Crippen LogP contribution in [0.2, 0.25) is 52.1 Å². The molecule has 0 saturated heterocycles. The molecule has 0 aliphatic carbocycles. The van der Waals surface area contributed by atoms with Gasteiger partial charge in [0.25, 0.3) is 0 Å². The number of hydrogen-bond acceptors (Lipinski definition) is 0. The van der Waals surface area contributed by atoms with Crippen LogP contribution in [-0.2, 0) is 0 Å². The molecule has 49 heavy (non-hydrogen) atoms. The predicted octanol–water partition coefficient (Wildman–Crippen LogP) is 16.5. The maximum atomic E-state index is 2.80. The first-order valence-electron chi connectivity index (χ1n) is 22.8. The number of rotatable bonds is 34. The van der Waals surface area contributed by atoms with Crippen molar-refractivity contribution in [2.75, 3.05) is 0 Å². The van der Waals surface area contributed by atoms with Crippen molar-refractivity contribution >= 4 is 68.4 Å². The normalized spacial score (nSPS) is 13.0. The first-order chi connectivity index (χ1) is 23.8. The Morgan fingerprint density at radius 1 is 0.327 bits per heavy atom. The molecule has 0 heterocycles. The van der Waals surface area contributed by atoms with Crippen molar-refractivity contribution in [1.82, 2.24) is 0 Å². The standard InChI is InChI=1S/C9H11Si.9C4H9.3Sn/c1-10(2,3)9-7-5-4-6-8-9;9*1-3-4-2;;;/h4-8H,1-3H2;9*1,3-4H2,2H3;;;. The molecule has 288 valence electrons. The van der Waals surface area contributed by atoms with Gasteiger partial charge in [0, 0.05) is 0 Å². The fourth-order valence-corrected chi connectivity index (χ4v) is 133. The van der Waals surface area contributed by atoms with Gasteiger partial charge in [0.1, 0.15) is 0 Å². The molecule has 0 amide bonds. The molecule has 0 spiro atoms. The minimum absolute atomic E-state index is 1.43. The molecule has 0 radical (unpaired) electrons. The van der Waals surface area contributed by atoms with Gasteiger partial charge >= 0.3 is 329 Å². The average Bonchev–Trinajstić information content (AvgIpc) is 3.13. The molecule has 1 rings (SSSR count). The van der Waals surface area contributed by atoms with Crippen molar-refractivity contribution in [3.63, 3.8) is 0 Å². The van der Waals surface area contributed by atoms with E-state index in [1.165, 1.54) is 57.8 Å². The van der Waals surface area contributed by atoms with Gasteiger partial charge in [-0.15, -0.1) is 0 Å². The number of unbranched alkanes of at least 4 members (excludes halogenated alkanes) is 9. The van der Waals surface area contributed by atoms with E-state index in [2.05, 4.69) is 92.6 Å². The Hall–Kier alpha value is 1.83. The molecule has 0 nitrogen and oxygen atoms in total. The molecule has 0 bridgehead atoms. The summed E-state index contributed by atoms with van der Waals surface area (Å²) in [4.78, 5) is 0. The Labute approximate surface area is 325 Å². The molecule has 1 aromatic carbocycles. The molecule has 0 aliphatic rings. The first-order valence-corrected chi connectivity index (χ1v) is 49.7. The van der Waals surface area contributed by atoms with E-state index < -0.39 is 63.2 Å². The van der Waals surface area contributed by atoms with Crippen LogP contribution in [0, 0.1) is 0 Å². The Morgan fingerprint density at radius 2 is 0.531 bits per heavy atom. The first kappa shape index (κ1) is 48.9. The van der Waals surface area contributed by atoms with Gasteiger partial charge in [0.2, 0.25) is 0 Å². The third-order valence-corrected chi connectivity index (χ3v) is 91.9. The van der Waals surface area contributed by atoms with Gasteiger partial charge < -0.3 is 0 Å². The SMILES string of the molecule is CCC[CH2][Sn]([CH2]CCC)([CH2]CCC)[CH2][Si]([CH2][Sn]([CH2]CCC)([CH2]CCC)[CH2]CCC)([CH2][Sn]([CH2]CCC)([CH2]CCC)[CH2]CCC)c1ccccc1. The average molecular weight is 1020 g/mol. The molecular weight excluding hydrogens is 925 g/mol. The monoisotopic (exact) mass is 1020 g/mol. The van der Waals surface area contributed by atoms with Gasteiger partial charge in [-0.25, -0.2) is 0 Å². The van der Waals surface area contributed by atoms with E-state index in [0.717, 1.165) is 0 Å². The second-order valence-corrected chi connectivity index (χ2v) is 69.4. The number of hydrogen-bond donors (Lipinski definition) is 0. The van der Waals surface area contributed by atoms with E-state index in [-0.39, 0.29) is 0 Å². The zero-order valence-electron chi connectivity index (χ0n) is 35.6. The van der Waals surface area contributed by atoms with Gasteiger partial charge in [-0.05, 0) is 0 Å². The summed E-state index contributed by atoms with van der Waals surface area (Å²) in [6, 6.07) is 13.0. The van der Waals surface area contributed by atoms with Crippen LogP contribution in [0.1, 0.15) is 178 Å². The second-order valence-electron chi connectivity index (χ2n) is 17.6. The van der Waals surface area contributed by atoms with E-state index in [0.29, 0.717) is 0 Å². The summed E-state index contributed by atoms with van der Waals surface area (Å²) in [5.74, 6) is 0. The molecule has 4 heteroatoms. The summed E-state index contributed by atoms with van der Waals surface area (Å²) >= 11 is -7.40. The Kier molecular flexibility index (Phi) is 29.1. The summed E-state index contributed by atoms with van der Waals surface area (Å²) < 4.78 is 21.2. The van der Waals surface area contributed by atoms with Gasteiger partial charge in [0.05, 0.1) is 0 Å². The fourth-order valence-electron chi connectivity index (χ4n) is 10.3. The van der Waals surface area contributed by atoms with Crippen molar-refractivity contribution in [2.24, 2.45) is 0 Å². The summed E-state index contributed by atoms with van der Waals surface area (Å²) in [6.45, 7) is 22.6. The minimum atomic E-state index is -2.47. The molecule has 0 aliphatic heterocycles. The van der Waals surface area contributed by atoms with Crippen LogP contribution in [-0.4, -0.2) is 63.2 Å². The van der Waals surface area contributed by atoms with Gasteiger partial charge in [0.15, 0.2) is 0 Å². The van der Waals surface area contributed by atoms with E-state index in [4.69, 9.17) is 0 Å². The topological polar surface area (TPSA) is 0 Å². The molecular formula is C45H92SiSn3. The third-order valence-electron chi connectivity index (χ3n) is 13.1. The van der Waals surface area contributed by atoms with Crippen molar-refractivity contribution in [3.8, 4) is 0 Å². The summed E-state index contributed by atoms with van der Waals surface area (Å²) in [7, 11) is -1.75. The molecule has 0 saturated carbocycles. The van der Waals surface area contributed by atoms with Crippen LogP contribution in [0.4, 0.5) is 0 Å². The summed E-state index contributed by atoms with van der Waals surface area (Å²) in [6.07, 6.45) is 26.8. The summed E-state index contributed by atoms with van der Waals surface area (Å²) in [5, 5.41) is 2.02. The van der Waals surface area contributed by atoms with E-state index in [1.54, 1.807) is 97.7 Å². The molecule has 1 aromatic rings. The molecule has 0 unspecified atom stereocenters. The Bertz CT molecular complexity index is 738.